The lowest BCUT2D eigenvalue weighted by atomic mass is 10.1. The maximum Gasteiger partial charge on any atom is 0.337 e. The summed E-state index contributed by atoms with van der Waals surface area (Å²) in [4.78, 5) is 15.7. The van der Waals surface area contributed by atoms with Gasteiger partial charge in [0.05, 0.1) is 19.8 Å². The van der Waals surface area contributed by atoms with Gasteiger partial charge in [-0.25, -0.2) is 4.79 Å². The Bertz CT molecular complexity index is 567. The Morgan fingerprint density at radius 2 is 2.05 bits per heavy atom. The van der Waals surface area contributed by atoms with Crippen LogP contribution in [0.5, 0.6) is 5.75 Å². The first-order chi connectivity index (χ1) is 9.24. The Kier molecular flexibility index (Phi) is 4.13. The van der Waals surface area contributed by atoms with Crippen molar-refractivity contribution in [3.05, 3.63) is 59.4 Å². The van der Waals surface area contributed by atoms with Crippen molar-refractivity contribution in [2.75, 3.05) is 14.2 Å². The number of rotatable bonds is 4. The summed E-state index contributed by atoms with van der Waals surface area (Å²) in [5.41, 5.74) is 2.41. The standard InChI is InChI=1S/C15H15NO3/c1-18-14-10-12(15(17)19-2)7-6-11(14)9-13-5-3-4-8-16-13/h3-8,10H,9H2,1-2H3. The average molecular weight is 257 g/mol. The number of carbonyl (C=O) groups excluding carboxylic acids is 1. The highest BCUT2D eigenvalue weighted by Gasteiger charge is 2.11. The van der Waals surface area contributed by atoms with Crippen LogP contribution >= 0.6 is 0 Å². The van der Waals surface area contributed by atoms with Crippen molar-refractivity contribution < 1.29 is 14.3 Å². The zero-order valence-corrected chi connectivity index (χ0v) is 10.9. The lowest BCUT2D eigenvalue weighted by Crippen LogP contribution is -2.03. The van der Waals surface area contributed by atoms with Crippen LogP contribution in [0.3, 0.4) is 0 Å². The number of esters is 1. The third-order valence-corrected chi connectivity index (χ3v) is 2.81. The van der Waals surface area contributed by atoms with E-state index in [2.05, 4.69) is 9.72 Å². The lowest BCUT2D eigenvalue weighted by Gasteiger charge is -2.09. The minimum Gasteiger partial charge on any atom is -0.496 e. The van der Waals surface area contributed by atoms with Crippen LogP contribution in [0.1, 0.15) is 21.6 Å². The summed E-state index contributed by atoms with van der Waals surface area (Å²) in [5.74, 6) is 0.288. The van der Waals surface area contributed by atoms with Gasteiger partial charge in [0.25, 0.3) is 0 Å². The van der Waals surface area contributed by atoms with E-state index in [1.807, 2.05) is 24.3 Å². The average Bonchev–Trinajstić information content (AvgIpc) is 2.48. The molecule has 98 valence electrons. The molecule has 0 radical (unpaired) electrons. The fourth-order valence-electron chi connectivity index (χ4n) is 1.83. The normalized spacial score (nSPS) is 10.0. The summed E-state index contributed by atoms with van der Waals surface area (Å²) in [6.07, 6.45) is 2.41. The van der Waals surface area contributed by atoms with Crippen LogP contribution in [-0.4, -0.2) is 25.2 Å². The second kappa shape index (κ2) is 6.00. The van der Waals surface area contributed by atoms with Crippen molar-refractivity contribution in [1.29, 1.82) is 0 Å². The minimum absolute atomic E-state index is 0.373. The molecule has 2 rings (SSSR count). The Morgan fingerprint density at radius 3 is 2.68 bits per heavy atom. The molecule has 0 aliphatic heterocycles. The van der Waals surface area contributed by atoms with Crippen LogP contribution in [0.25, 0.3) is 0 Å². The van der Waals surface area contributed by atoms with Crippen LogP contribution in [0.4, 0.5) is 0 Å². The number of pyridine rings is 1. The molecule has 0 saturated carbocycles. The Morgan fingerprint density at radius 1 is 1.21 bits per heavy atom. The molecule has 4 heteroatoms. The quantitative estimate of drug-likeness (QED) is 0.789. The monoisotopic (exact) mass is 257 g/mol. The zero-order chi connectivity index (χ0) is 13.7. The third-order valence-electron chi connectivity index (χ3n) is 2.81. The first-order valence-corrected chi connectivity index (χ1v) is 5.89. The summed E-state index contributed by atoms with van der Waals surface area (Å²) >= 11 is 0. The predicted octanol–water partition coefficient (Wildman–Crippen LogP) is 2.47. The molecule has 1 aromatic carbocycles. The summed E-state index contributed by atoms with van der Waals surface area (Å²) in [5, 5.41) is 0. The van der Waals surface area contributed by atoms with Gasteiger partial charge in [0.2, 0.25) is 0 Å². The topological polar surface area (TPSA) is 48.4 Å². The summed E-state index contributed by atoms with van der Waals surface area (Å²) in [7, 11) is 2.94. The van der Waals surface area contributed by atoms with Gasteiger partial charge in [0, 0.05) is 23.9 Å². The zero-order valence-electron chi connectivity index (χ0n) is 10.9. The number of hydrogen-bond donors (Lipinski definition) is 0. The maximum absolute atomic E-state index is 11.5. The molecule has 0 N–H and O–H groups in total. The predicted molar refractivity (Wildman–Crippen MR) is 71.4 cm³/mol. The molecule has 0 atom stereocenters. The van der Waals surface area contributed by atoms with Crippen molar-refractivity contribution >= 4 is 5.97 Å². The van der Waals surface area contributed by atoms with E-state index in [9.17, 15) is 4.79 Å². The molecule has 1 heterocycles. The molecule has 0 bridgehead atoms. The highest BCUT2D eigenvalue weighted by Crippen LogP contribution is 2.23. The highest BCUT2D eigenvalue weighted by atomic mass is 16.5. The first-order valence-electron chi connectivity index (χ1n) is 5.89. The molecule has 1 aromatic heterocycles. The van der Waals surface area contributed by atoms with Gasteiger partial charge < -0.3 is 9.47 Å². The van der Waals surface area contributed by atoms with Crippen molar-refractivity contribution in [3.8, 4) is 5.75 Å². The van der Waals surface area contributed by atoms with Crippen molar-refractivity contribution in [2.45, 2.75) is 6.42 Å². The van der Waals surface area contributed by atoms with Gasteiger partial charge in [-0.1, -0.05) is 12.1 Å². The molecule has 0 saturated heterocycles. The van der Waals surface area contributed by atoms with Crippen LogP contribution in [-0.2, 0) is 11.2 Å². The van der Waals surface area contributed by atoms with E-state index in [0.29, 0.717) is 17.7 Å². The van der Waals surface area contributed by atoms with Crippen LogP contribution in [0.2, 0.25) is 0 Å². The molecular formula is C15H15NO3. The Balaban J connectivity index is 2.29. The van der Waals surface area contributed by atoms with Crippen molar-refractivity contribution in [1.82, 2.24) is 4.98 Å². The van der Waals surface area contributed by atoms with Gasteiger partial charge in [-0.15, -0.1) is 0 Å². The van der Waals surface area contributed by atoms with E-state index in [-0.39, 0.29) is 5.97 Å². The van der Waals surface area contributed by atoms with Crippen LogP contribution in [0, 0.1) is 0 Å². The number of methoxy groups -OCH3 is 2. The molecule has 0 fully saturated rings. The van der Waals surface area contributed by atoms with E-state index < -0.39 is 0 Å². The summed E-state index contributed by atoms with van der Waals surface area (Å²) in [6, 6.07) is 11.0. The SMILES string of the molecule is COC(=O)c1ccc(Cc2ccccn2)c(OC)c1. The number of benzene rings is 1. The van der Waals surface area contributed by atoms with Gasteiger partial charge in [-0.2, -0.15) is 0 Å². The molecule has 0 spiro atoms. The molecule has 4 nitrogen and oxygen atoms in total. The van der Waals surface area contributed by atoms with Crippen LogP contribution < -0.4 is 4.74 Å². The Hall–Kier alpha value is -2.36. The molecule has 0 aliphatic rings. The van der Waals surface area contributed by atoms with E-state index in [1.54, 1.807) is 25.4 Å². The fourth-order valence-corrected chi connectivity index (χ4v) is 1.83. The van der Waals surface area contributed by atoms with E-state index >= 15 is 0 Å². The second-order valence-corrected chi connectivity index (χ2v) is 4.02. The minimum atomic E-state index is -0.373. The maximum atomic E-state index is 11.5. The van der Waals surface area contributed by atoms with Crippen molar-refractivity contribution in [2.24, 2.45) is 0 Å². The van der Waals surface area contributed by atoms with E-state index in [0.717, 1.165) is 11.3 Å². The smallest absolute Gasteiger partial charge is 0.337 e. The molecule has 2 aromatic rings. The third kappa shape index (κ3) is 3.10. The van der Waals surface area contributed by atoms with E-state index in [1.165, 1.54) is 7.11 Å². The number of hydrogen-bond acceptors (Lipinski definition) is 4. The van der Waals surface area contributed by atoms with Crippen molar-refractivity contribution in [3.63, 3.8) is 0 Å². The Labute approximate surface area is 112 Å². The lowest BCUT2D eigenvalue weighted by molar-refractivity contribution is 0.0600. The highest BCUT2D eigenvalue weighted by molar-refractivity contribution is 5.89. The number of carbonyl (C=O) groups is 1. The largest absolute Gasteiger partial charge is 0.496 e. The number of nitrogens with zero attached hydrogens (tertiary/aromatic N) is 1. The first kappa shape index (κ1) is 13.1. The van der Waals surface area contributed by atoms with Gasteiger partial charge in [-0.05, 0) is 24.3 Å². The van der Waals surface area contributed by atoms with Gasteiger partial charge in [0.15, 0.2) is 0 Å². The number of ether oxygens (including phenoxy) is 2. The van der Waals surface area contributed by atoms with E-state index in [4.69, 9.17) is 4.74 Å². The van der Waals surface area contributed by atoms with Gasteiger partial charge >= 0.3 is 5.97 Å². The molecule has 0 aliphatic carbocycles. The molecule has 0 amide bonds. The second-order valence-electron chi connectivity index (χ2n) is 4.02. The molecule has 0 unspecified atom stereocenters. The van der Waals surface area contributed by atoms with Crippen LogP contribution in [0.15, 0.2) is 42.6 Å². The van der Waals surface area contributed by atoms with Gasteiger partial charge in [0.1, 0.15) is 5.75 Å². The summed E-state index contributed by atoms with van der Waals surface area (Å²) < 4.78 is 10.0. The molecule has 19 heavy (non-hydrogen) atoms. The number of aromatic nitrogens is 1. The molecular weight excluding hydrogens is 242 g/mol. The van der Waals surface area contributed by atoms with Gasteiger partial charge in [-0.3, -0.25) is 4.98 Å². The summed E-state index contributed by atoms with van der Waals surface area (Å²) in [6.45, 7) is 0. The fraction of sp³-hybridized carbons (Fsp3) is 0.200.